The summed E-state index contributed by atoms with van der Waals surface area (Å²) in [4.78, 5) is 34.4. The Balaban J connectivity index is 1.48. The number of hydrogen-bond donors (Lipinski definition) is 2. The topological polar surface area (TPSA) is 114 Å². The molecule has 0 spiro atoms. The van der Waals surface area contributed by atoms with Crippen LogP contribution in [0.2, 0.25) is 0 Å². The molecule has 158 valence electrons. The second-order valence-electron chi connectivity index (χ2n) is 7.29. The Morgan fingerprint density at radius 3 is 2.63 bits per heavy atom. The van der Waals surface area contributed by atoms with Crippen LogP contribution in [0.4, 0.5) is 5.69 Å². The molecule has 2 fully saturated rings. The molecular formula is C21H24N4O5. The molecule has 0 saturated carbocycles. The summed E-state index contributed by atoms with van der Waals surface area (Å²) < 4.78 is 11.2. The van der Waals surface area contributed by atoms with Gasteiger partial charge in [0.1, 0.15) is 18.4 Å². The number of anilines is 1. The third-order valence-corrected chi connectivity index (χ3v) is 5.45. The van der Waals surface area contributed by atoms with Crippen LogP contribution in [-0.2, 0) is 14.3 Å². The minimum Gasteiger partial charge on any atom is -0.394 e. The van der Waals surface area contributed by atoms with Crippen molar-refractivity contribution in [3.8, 4) is 0 Å². The molecule has 2 saturated heterocycles. The number of aliphatic hydroxyl groups excluding tert-OH is 1. The number of nitrogens with one attached hydrogen (secondary N) is 1. The number of nitrogens with zero attached hydrogens (tertiary/aromatic N) is 3. The Hall–Kier alpha value is -2.88. The van der Waals surface area contributed by atoms with Gasteiger partial charge in [0.15, 0.2) is 0 Å². The smallest absolute Gasteiger partial charge is 0.275 e. The van der Waals surface area contributed by atoms with E-state index in [0.29, 0.717) is 18.9 Å². The molecule has 30 heavy (non-hydrogen) atoms. The number of carbonyl (C=O) groups excluding carboxylic acids is 2. The highest BCUT2D eigenvalue weighted by atomic mass is 16.5. The van der Waals surface area contributed by atoms with E-state index in [0.717, 1.165) is 18.4 Å². The maximum atomic E-state index is 12.5. The van der Waals surface area contributed by atoms with E-state index < -0.39 is 12.1 Å². The summed E-state index contributed by atoms with van der Waals surface area (Å²) in [5.74, 6) is -0.459. The van der Waals surface area contributed by atoms with Gasteiger partial charge >= 0.3 is 0 Å². The minimum atomic E-state index is -0.464. The van der Waals surface area contributed by atoms with Gasteiger partial charge in [0.25, 0.3) is 5.91 Å². The van der Waals surface area contributed by atoms with Crippen molar-refractivity contribution in [1.82, 2.24) is 14.9 Å². The quantitative estimate of drug-likeness (QED) is 0.758. The van der Waals surface area contributed by atoms with E-state index in [9.17, 15) is 14.7 Å². The highest BCUT2D eigenvalue weighted by Crippen LogP contribution is 2.33. The average molecular weight is 412 g/mol. The first-order chi connectivity index (χ1) is 14.7. The van der Waals surface area contributed by atoms with Crippen molar-refractivity contribution in [2.75, 3.05) is 31.7 Å². The number of benzene rings is 1. The van der Waals surface area contributed by atoms with Crippen molar-refractivity contribution in [3.05, 3.63) is 54.1 Å². The Labute approximate surface area is 174 Å². The van der Waals surface area contributed by atoms with Crippen molar-refractivity contribution in [1.29, 1.82) is 0 Å². The molecule has 2 atom stereocenters. The predicted molar refractivity (Wildman–Crippen MR) is 107 cm³/mol. The lowest BCUT2D eigenvalue weighted by Gasteiger charge is -2.45. The van der Waals surface area contributed by atoms with Gasteiger partial charge < -0.3 is 24.8 Å². The summed E-state index contributed by atoms with van der Waals surface area (Å²) in [5.41, 5.74) is 1.65. The molecule has 0 aliphatic carbocycles. The van der Waals surface area contributed by atoms with Gasteiger partial charge in [0, 0.05) is 37.3 Å². The van der Waals surface area contributed by atoms with Crippen LogP contribution in [0.5, 0.6) is 0 Å². The molecular weight excluding hydrogens is 388 g/mol. The Morgan fingerprint density at radius 2 is 1.97 bits per heavy atom. The zero-order valence-corrected chi connectivity index (χ0v) is 16.4. The third kappa shape index (κ3) is 4.33. The van der Waals surface area contributed by atoms with Crippen LogP contribution in [-0.4, -0.2) is 70.3 Å². The van der Waals surface area contributed by atoms with Crippen molar-refractivity contribution in [3.63, 3.8) is 0 Å². The number of hydrogen-bond acceptors (Lipinski definition) is 7. The van der Waals surface area contributed by atoms with Crippen LogP contribution in [0.15, 0.2) is 42.9 Å². The first-order valence-electron chi connectivity index (χ1n) is 9.96. The van der Waals surface area contributed by atoms with Crippen molar-refractivity contribution >= 4 is 17.5 Å². The molecule has 1 aromatic carbocycles. The zero-order chi connectivity index (χ0) is 20.9. The molecule has 2 aromatic rings. The van der Waals surface area contributed by atoms with Gasteiger partial charge in [0.05, 0.1) is 18.8 Å². The monoisotopic (exact) mass is 412 g/mol. The molecule has 2 N–H and O–H groups in total. The molecule has 2 unspecified atom stereocenters. The van der Waals surface area contributed by atoms with E-state index in [1.807, 2.05) is 12.1 Å². The molecule has 9 nitrogen and oxygen atoms in total. The fourth-order valence-electron chi connectivity index (χ4n) is 3.98. The van der Waals surface area contributed by atoms with Gasteiger partial charge in [-0.15, -0.1) is 0 Å². The Morgan fingerprint density at radius 1 is 1.20 bits per heavy atom. The van der Waals surface area contributed by atoms with E-state index in [-0.39, 0.29) is 36.8 Å². The highest BCUT2D eigenvalue weighted by molar-refractivity contribution is 6.02. The second kappa shape index (κ2) is 9.29. The predicted octanol–water partition coefficient (Wildman–Crippen LogP) is 1.17. The van der Waals surface area contributed by atoms with Gasteiger partial charge in [-0.3, -0.25) is 14.6 Å². The molecule has 4 rings (SSSR count). The molecule has 1 aromatic heterocycles. The molecule has 3 heterocycles. The Kier molecular flexibility index (Phi) is 6.32. The van der Waals surface area contributed by atoms with E-state index in [2.05, 4.69) is 15.3 Å². The summed E-state index contributed by atoms with van der Waals surface area (Å²) in [5, 5.41) is 12.8. The third-order valence-electron chi connectivity index (χ3n) is 5.45. The fraction of sp³-hybridized carbons (Fsp3) is 0.429. The second-order valence-corrected chi connectivity index (χ2v) is 7.29. The normalized spacial score (nSPS) is 22.7. The van der Waals surface area contributed by atoms with Gasteiger partial charge in [-0.05, 0) is 30.5 Å². The average Bonchev–Trinajstić information content (AvgIpc) is 2.80. The van der Waals surface area contributed by atoms with Gasteiger partial charge in [0.2, 0.25) is 5.91 Å². The number of ether oxygens (including phenoxy) is 2. The standard InChI is InChI=1S/C21H24N4O5/c26-12-18-20(30-13-19(27)25(18)16-5-9-29-10-6-16)14-1-3-15(4-2-14)24-21(28)17-11-22-7-8-23-17/h1-4,7-8,11,16,18,20,26H,5-6,9-10,12-13H2,(H,24,28). The van der Waals surface area contributed by atoms with Gasteiger partial charge in [-0.1, -0.05) is 12.1 Å². The van der Waals surface area contributed by atoms with E-state index in [4.69, 9.17) is 9.47 Å². The van der Waals surface area contributed by atoms with Gasteiger partial charge in [-0.25, -0.2) is 4.98 Å². The summed E-state index contributed by atoms with van der Waals surface area (Å²) in [7, 11) is 0. The lowest BCUT2D eigenvalue weighted by Crippen LogP contribution is -2.57. The van der Waals surface area contributed by atoms with Crippen LogP contribution < -0.4 is 5.32 Å². The van der Waals surface area contributed by atoms with Crippen LogP contribution in [0.25, 0.3) is 0 Å². The van der Waals surface area contributed by atoms with Gasteiger partial charge in [-0.2, -0.15) is 0 Å². The summed E-state index contributed by atoms with van der Waals surface area (Å²) in [6, 6.07) is 6.76. The first kappa shape index (κ1) is 20.4. The number of carbonyl (C=O) groups is 2. The number of aliphatic hydroxyl groups is 1. The van der Waals surface area contributed by atoms with Crippen LogP contribution in [0, 0.1) is 0 Å². The SMILES string of the molecule is O=C(Nc1ccc(C2OCC(=O)N(C3CCOCC3)C2CO)cc1)c1cnccn1. The molecule has 9 heteroatoms. The molecule has 2 aliphatic heterocycles. The first-order valence-corrected chi connectivity index (χ1v) is 9.96. The largest absolute Gasteiger partial charge is 0.394 e. The molecule has 2 aliphatic rings. The maximum Gasteiger partial charge on any atom is 0.275 e. The van der Waals surface area contributed by atoms with E-state index in [1.54, 1.807) is 17.0 Å². The van der Waals surface area contributed by atoms with Crippen LogP contribution in [0.3, 0.4) is 0 Å². The Bertz CT molecular complexity index is 871. The van der Waals surface area contributed by atoms with Crippen LogP contribution in [0.1, 0.15) is 35.0 Å². The maximum absolute atomic E-state index is 12.5. The van der Waals surface area contributed by atoms with Crippen molar-refractivity contribution < 1.29 is 24.2 Å². The summed E-state index contributed by atoms with van der Waals surface area (Å²) in [6.07, 6.45) is 5.42. The van der Waals surface area contributed by atoms with Crippen molar-refractivity contribution in [2.24, 2.45) is 0 Å². The van der Waals surface area contributed by atoms with Crippen LogP contribution >= 0.6 is 0 Å². The molecule has 0 bridgehead atoms. The minimum absolute atomic E-state index is 0.0241. The number of aromatic nitrogens is 2. The summed E-state index contributed by atoms with van der Waals surface area (Å²) >= 11 is 0. The fourth-order valence-corrected chi connectivity index (χ4v) is 3.98. The lowest BCUT2D eigenvalue weighted by molar-refractivity contribution is -0.168. The lowest BCUT2D eigenvalue weighted by atomic mass is 9.95. The zero-order valence-electron chi connectivity index (χ0n) is 16.4. The number of morpholine rings is 1. The van der Waals surface area contributed by atoms with Crippen molar-refractivity contribution in [2.45, 2.75) is 31.0 Å². The number of rotatable bonds is 5. The summed E-state index contributed by atoms with van der Waals surface area (Å²) in [6.45, 7) is 0.999. The molecule has 2 amide bonds. The van der Waals surface area contributed by atoms with E-state index in [1.165, 1.54) is 18.6 Å². The molecule has 0 radical (unpaired) electrons. The number of amides is 2. The van der Waals surface area contributed by atoms with E-state index >= 15 is 0 Å². The highest BCUT2D eigenvalue weighted by Gasteiger charge is 2.41.